The Morgan fingerprint density at radius 2 is 1.77 bits per heavy atom. The van der Waals surface area contributed by atoms with Crippen LogP contribution in [0.3, 0.4) is 0 Å². The number of aromatic amines is 1. The smallest absolute Gasteiger partial charge is 0.253 e. The Balaban J connectivity index is 1.50. The van der Waals surface area contributed by atoms with Crippen molar-refractivity contribution < 1.29 is 9.59 Å². The summed E-state index contributed by atoms with van der Waals surface area (Å²) >= 11 is 6.16. The van der Waals surface area contributed by atoms with Gasteiger partial charge in [-0.2, -0.15) is 5.10 Å². The van der Waals surface area contributed by atoms with Crippen LogP contribution in [0.2, 0.25) is 5.02 Å². The number of nitrogens with one attached hydrogen (secondary N) is 3. The third-order valence-electron chi connectivity index (χ3n) is 5.33. The van der Waals surface area contributed by atoms with Gasteiger partial charge in [0, 0.05) is 11.3 Å². The quantitative estimate of drug-likeness (QED) is 0.548. The third kappa shape index (κ3) is 4.54. The number of H-pyrrole nitrogens is 1. The molecule has 4 rings (SSSR count). The molecule has 2 aromatic carbocycles. The summed E-state index contributed by atoms with van der Waals surface area (Å²) in [4.78, 5) is 25.6. The minimum Gasteiger partial charge on any atom is -0.345 e. The Hall–Kier alpha value is -3.12. The number of carbonyl (C=O) groups is 2. The highest BCUT2D eigenvalue weighted by molar-refractivity contribution is 6.33. The number of carbonyl (C=O) groups excluding carboxylic acids is 2. The second-order valence-electron chi connectivity index (χ2n) is 7.41. The van der Waals surface area contributed by atoms with Crippen LogP contribution in [0.5, 0.6) is 0 Å². The molecule has 30 heavy (non-hydrogen) atoms. The van der Waals surface area contributed by atoms with Crippen molar-refractivity contribution in [3.8, 4) is 0 Å². The maximum atomic E-state index is 12.8. The summed E-state index contributed by atoms with van der Waals surface area (Å²) in [6.07, 6.45) is 4.18. The van der Waals surface area contributed by atoms with Gasteiger partial charge >= 0.3 is 0 Å². The van der Waals surface area contributed by atoms with Crippen LogP contribution >= 0.6 is 11.6 Å². The van der Waals surface area contributed by atoms with Gasteiger partial charge in [-0.25, -0.2) is 0 Å². The van der Waals surface area contributed by atoms with Gasteiger partial charge in [0.05, 0.1) is 23.0 Å². The van der Waals surface area contributed by atoms with E-state index in [-0.39, 0.29) is 18.2 Å². The molecule has 1 aromatic heterocycles. The topological polar surface area (TPSA) is 86.9 Å². The monoisotopic (exact) mass is 422 g/mol. The summed E-state index contributed by atoms with van der Waals surface area (Å²) in [6, 6.07) is 15.8. The Morgan fingerprint density at radius 1 is 1.03 bits per heavy atom. The third-order valence-corrected chi connectivity index (χ3v) is 5.66. The lowest BCUT2D eigenvalue weighted by Gasteiger charge is -2.19. The molecule has 6 nitrogen and oxygen atoms in total. The molecule has 0 radical (unpaired) electrons. The summed E-state index contributed by atoms with van der Waals surface area (Å²) < 4.78 is 0. The van der Waals surface area contributed by atoms with Crippen molar-refractivity contribution in [1.29, 1.82) is 0 Å². The summed E-state index contributed by atoms with van der Waals surface area (Å²) in [5.41, 5.74) is 3.41. The molecular formula is C23H23ClN4O2. The standard InChI is InChI=1S/C23H23ClN4O2/c24-18-12-6-4-10-16(18)23(30)25-20(15-8-2-1-3-9-15)14-21(29)26-22-17-11-5-7-13-19(17)27-28-22/h1-4,6,8-10,12,20H,5,7,11,13-14H2,(H,25,30)(H2,26,27,28,29)/t20-/m0/s1. The fourth-order valence-corrected chi connectivity index (χ4v) is 3.99. The molecule has 3 N–H and O–H groups in total. The highest BCUT2D eigenvalue weighted by Gasteiger charge is 2.23. The number of hydrogen-bond donors (Lipinski definition) is 3. The van der Waals surface area contributed by atoms with Gasteiger partial charge in [0.1, 0.15) is 0 Å². The first kappa shape index (κ1) is 20.2. The average molecular weight is 423 g/mol. The number of nitrogens with zero attached hydrogens (tertiary/aromatic N) is 1. The number of amides is 2. The normalized spacial score (nSPS) is 13.9. The van der Waals surface area contributed by atoms with Crippen LogP contribution < -0.4 is 10.6 Å². The maximum absolute atomic E-state index is 12.8. The molecule has 1 atom stereocenters. The molecule has 7 heteroatoms. The van der Waals surface area contributed by atoms with E-state index < -0.39 is 6.04 Å². The second kappa shape index (κ2) is 9.13. The summed E-state index contributed by atoms with van der Waals surface area (Å²) in [5, 5.41) is 13.5. The van der Waals surface area contributed by atoms with E-state index >= 15 is 0 Å². The van der Waals surface area contributed by atoms with E-state index in [1.54, 1.807) is 24.3 Å². The SMILES string of the molecule is O=C(C[C@H](NC(=O)c1ccccc1Cl)c1ccccc1)Nc1n[nH]c2c1CCCC2. The number of anilines is 1. The Morgan fingerprint density at radius 3 is 2.57 bits per heavy atom. The lowest BCUT2D eigenvalue weighted by molar-refractivity contribution is -0.116. The van der Waals surface area contributed by atoms with Gasteiger partial charge in [-0.1, -0.05) is 54.1 Å². The molecule has 0 saturated carbocycles. The molecule has 154 valence electrons. The van der Waals surface area contributed by atoms with Crippen molar-refractivity contribution in [1.82, 2.24) is 15.5 Å². The van der Waals surface area contributed by atoms with E-state index in [9.17, 15) is 9.59 Å². The lowest BCUT2D eigenvalue weighted by Crippen LogP contribution is -2.32. The molecule has 3 aromatic rings. The summed E-state index contributed by atoms with van der Waals surface area (Å²) in [5.74, 6) is 0.0709. The highest BCUT2D eigenvalue weighted by Crippen LogP contribution is 2.26. The largest absolute Gasteiger partial charge is 0.345 e. The number of aryl methyl sites for hydroxylation is 1. The Bertz CT molecular complexity index is 1050. The Labute approximate surface area is 180 Å². The molecular weight excluding hydrogens is 400 g/mol. The van der Waals surface area contributed by atoms with Gasteiger partial charge in [-0.05, 0) is 43.4 Å². The van der Waals surface area contributed by atoms with Gasteiger partial charge in [-0.15, -0.1) is 0 Å². The average Bonchev–Trinajstić information content (AvgIpc) is 3.17. The van der Waals surface area contributed by atoms with E-state index in [0.29, 0.717) is 16.4 Å². The molecule has 1 aliphatic rings. The molecule has 1 aliphatic carbocycles. The van der Waals surface area contributed by atoms with Crippen LogP contribution in [0.25, 0.3) is 0 Å². The molecule has 2 amide bonds. The number of rotatable bonds is 6. The minimum absolute atomic E-state index is 0.0852. The molecule has 1 heterocycles. The minimum atomic E-state index is -0.496. The van der Waals surface area contributed by atoms with Gasteiger partial charge < -0.3 is 10.6 Å². The van der Waals surface area contributed by atoms with Crippen molar-refractivity contribution in [2.75, 3.05) is 5.32 Å². The Kier molecular flexibility index (Phi) is 6.14. The van der Waals surface area contributed by atoms with Crippen molar-refractivity contribution in [2.45, 2.75) is 38.1 Å². The van der Waals surface area contributed by atoms with E-state index in [1.165, 1.54) is 0 Å². The predicted molar refractivity (Wildman–Crippen MR) is 117 cm³/mol. The molecule has 0 saturated heterocycles. The fraction of sp³-hybridized carbons (Fsp3) is 0.261. The molecule has 0 bridgehead atoms. The number of aromatic nitrogens is 2. The first-order valence-corrected chi connectivity index (χ1v) is 10.5. The maximum Gasteiger partial charge on any atom is 0.253 e. The van der Waals surface area contributed by atoms with E-state index in [0.717, 1.165) is 42.5 Å². The van der Waals surface area contributed by atoms with Crippen molar-refractivity contribution >= 4 is 29.2 Å². The van der Waals surface area contributed by atoms with E-state index in [4.69, 9.17) is 11.6 Å². The molecule has 0 fully saturated rings. The van der Waals surface area contributed by atoms with Crippen LogP contribution in [0.15, 0.2) is 54.6 Å². The van der Waals surface area contributed by atoms with Crippen LogP contribution in [-0.4, -0.2) is 22.0 Å². The first-order chi connectivity index (χ1) is 14.6. The number of fused-ring (bicyclic) bond motifs is 1. The fourth-order valence-electron chi connectivity index (χ4n) is 3.77. The molecule has 0 spiro atoms. The van der Waals surface area contributed by atoms with Gasteiger partial charge in [0.15, 0.2) is 5.82 Å². The number of hydrogen-bond acceptors (Lipinski definition) is 3. The highest BCUT2D eigenvalue weighted by atomic mass is 35.5. The van der Waals surface area contributed by atoms with Gasteiger partial charge in [0.25, 0.3) is 5.91 Å². The zero-order valence-electron chi connectivity index (χ0n) is 16.5. The van der Waals surface area contributed by atoms with Crippen LogP contribution in [0.1, 0.15) is 52.5 Å². The number of benzene rings is 2. The first-order valence-electron chi connectivity index (χ1n) is 10.1. The van der Waals surface area contributed by atoms with Crippen molar-refractivity contribution in [3.05, 3.63) is 82.0 Å². The molecule has 0 unspecified atom stereocenters. The van der Waals surface area contributed by atoms with Crippen molar-refractivity contribution in [3.63, 3.8) is 0 Å². The van der Waals surface area contributed by atoms with Crippen LogP contribution in [0.4, 0.5) is 5.82 Å². The summed E-state index contributed by atoms with van der Waals surface area (Å²) in [7, 11) is 0. The lowest BCUT2D eigenvalue weighted by atomic mass is 9.97. The zero-order chi connectivity index (χ0) is 20.9. The van der Waals surface area contributed by atoms with E-state index in [1.807, 2.05) is 30.3 Å². The van der Waals surface area contributed by atoms with Crippen LogP contribution in [-0.2, 0) is 17.6 Å². The van der Waals surface area contributed by atoms with Crippen molar-refractivity contribution in [2.24, 2.45) is 0 Å². The molecule has 0 aliphatic heterocycles. The second-order valence-corrected chi connectivity index (χ2v) is 7.81. The summed E-state index contributed by atoms with van der Waals surface area (Å²) in [6.45, 7) is 0. The number of halogens is 1. The predicted octanol–water partition coefficient (Wildman–Crippen LogP) is 4.44. The van der Waals surface area contributed by atoms with E-state index in [2.05, 4.69) is 20.8 Å². The van der Waals surface area contributed by atoms with Crippen LogP contribution in [0, 0.1) is 0 Å². The van der Waals surface area contributed by atoms with Gasteiger partial charge in [-0.3, -0.25) is 14.7 Å². The zero-order valence-corrected chi connectivity index (χ0v) is 17.2. The van der Waals surface area contributed by atoms with Gasteiger partial charge in [0.2, 0.25) is 5.91 Å².